The Labute approximate surface area is 382 Å². The Morgan fingerprint density at radius 3 is 1.23 bits per heavy atom. The summed E-state index contributed by atoms with van der Waals surface area (Å²) in [6.45, 7) is 2.36. The van der Waals surface area contributed by atoms with Crippen LogP contribution in [0.4, 0.5) is 0 Å². The van der Waals surface area contributed by atoms with Crippen LogP contribution in [0.3, 0.4) is 0 Å². The summed E-state index contributed by atoms with van der Waals surface area (Å²) >= 11 is 0. The van der Waals surface area contributed by atoms with Crippen LogP contribution in [0.25, 0.3) is 0 Å². The number of esters is 1. The molecule has 0 aliphatic heterocycles. The van der Waals surface area contributed by atoms with Gasteiger partial charge in [0.05, 0.1) is 40.3 Å². The SMILES string of the molecule is CC/C=C\C/C=C\C/C=C\C/C=C\C/C=C\CCCCCCCCCCCCCCCCCCCCCCCCCCCC(=O)OCC(O)COC(OCC[N+](C)(C)C)C(=O)[O-]. The van der Waals surface area contributed by atoms with E-state index in [4.69, 9.17) is 14.2 Å². The molecule has 0 amide bonds. The highest BCUT2D eigenvalue weighted by atomic mass is 16.7. The minimum absolute atomic E-state index is 0.171. The van der Waals surface area contributed by atoms with E-state index in [0.29, 0.717) is 17.4 Å². The number of carboxylic acids is 1. The molecule has 0 saturated carbocycles. The van der Waals surface area contributed by atoms with E-state index in [-0.39, 0.29) is 25.8 Å². The van der Waals surface area contributed by atoms with Crippen molar-refractivity contribution >= 4 is 11.9 Å². The van der Waals surface area contributed by atoms with E-state index >= 15 is 0 Å². The molecule has 0 aromatic rings. The number of allylic oxidation sites excluding steroid dienone is 10. The molecule has 0 rings (SSSR count). The summed E-state index contributed by atoms with van der Waals surface area (Å²) in [4.78, 5) is 23.2. The maximum absolute atomic E-state index is 12.0. The lowest BCUT2D eigenvalue weighted by molar-refractivity contribution is -0.870. The van der Waals surface area contributed by atoms with Gasteiger partial charge in [-0.1, -0.05) is 215 Å². The highest BCUT2D eigenvalue weighted by molar-refractivity contribution is 5.69. The van der Waals surface area contributed by atoms with Gasteiger partial charge >= 0.3 is 5.97 Å². The number of carboxylic acid groups (broad SMARTS) is 1. The molecule has 2 unspecified atom stereocenters. The first-order valence-corrected chi connectivity index (χ1v) is 25.5. The van der Waals surface area contributed by atoms with E-state index in [1.165, 1.54) is 148 Å². The van der Waals surface area contributed by atoms with Crippen molar-refractivity contribution in [2.75, 3.05) is 47.5 Å². The number of aliphatic carboxylic acids is 1. The van der Waals surface area contributed by atoms with E-state index in [0.717, 1.165) is 51.4 Å². The molecule has 0 heterocycles. The normalized spacial score (nSPS) is 13.5. The molecule has 2 atom stereocenters. The molecule has 8 heteroatoms. The number of nitrogens with zero attached hydrogens (tertiary/aromatic N) is 1. The monoisotopic (exact) mass is 872 g/mol. The third-order valence-corrected chi connectivity index (χ3v) is 11.0. The number of rotatable bonds is 47. The van der Waals surface area contributed by atoms with Gasteiger partial charge in [-0.15, -0.1) is 0 Å². The van der Waals surface area contributed by atoms with E-state index < -0.39 is 18.4 Å². The molecule has 0 aliphatic carbocycles. The maximum Gasteiger partial charge on any atom is 0.305 e. The van der Waals surface area contributed by atoms with Gasteiger partial charge in [0.1, 0.15) is 19.3 Å². The lowest BCUT2D eigenvalue weighted by atomic mass is 10.0. The molecular weight excluding hydrogens is 775 g/mol. The topological polar surface area (TPSA) is 105 Å². The quantitative estimate of drug-likeness (QED) is 0.0213. The summed E-state index contributed by atoms with van der Waals surface area (Å²) in [5, 5.41) is 21.2. The van der Waals surface area contributed by atoms with Crippen molar-refractivity contribution < 1.29 is 38.5 Å². The van der Waals surface area contributed by atoms with Crippen LogP contribution < -0.4 is 5.11 Å². The first-order valence-electron chi connectivity index (χ1n) is 25.5. The number of hydrogen-bond acceptors (Lipinski definition) is 7. The van der Waals surface area contributed by atoms with E-state index in [1.807, 2.05) is 21.1 Å². The van der Waals surface area contributed by atoms with Gasteiger partial charge in [-0.25, -0.2) is 0 Å². The first-order chi connectivity index (χ1) is 30.2. The lowest BCUT2D eigenvalue weighted by Gasteiger charge is -2.26. The number of quaternary nitrogens is 1. The van der Waals surface area contributed by atoms with Crippen LogP contribution in [0.15, 0.2) is 60.8 Å². The van der Waals surface area contributed by atoms with Crippen molar-refractivity contribution in [3.05, 3.63) is 60.8 Å². The summed E-state index contributed by atoms with van der Waals surface area (Å²) in [6.07, 6.45) is 60.1. The molecule has 360 valence electrons. The molecule has 0 aromatic carbocycles. The van der Waals surface area contributed by atoms with Crippen LogP contribution in [0, 0.1) is 0 Å². The highest BCUT2D eigenvalue weighted by Crippen LogP contribution is 2.16. The Bertz CT molecular complexity index is 1140. The molecule has 0 saturated heterocycles. The third kappa shape index (κ3) is 48.5. The standard InChI is InChI=1S/C54H97NO7/c1-5-6-7-8-9-10-11-12-13-14-15-16-17-18-19-20-21-22-23-24-25-26-27-28-29-30-31-32-33-34-35-36-37-38-39-40-41-42-43-44-45-46-52(57)61-49-51(56)50-62-54(53(58)59)60-48-47-55(2,3)4/h6-7,9-10,12-13,15-16,18-19,51,54,56H,5,8,11,14,17,20-50H2,1-4H3/b7-6-,10-9-,13-12-,16-15-,19-18-. The second-order valence-electron chi connectivity index (χ2n) is 18.3. The molecule has 0 bridgehead atoms. The van der Waals surface area contributed by atoms with Crippen LogP contribution in [0.2, 0.25) is 0 Å². The fourth-order valence-corrected chi connectivity index (χ4v) is 7.09. The van der Waals surface area contributed by atoms with Crippen molar-refractivity contribution in [2.24, 2.45) is 0 Å². The molecule has 0 aliphatic rings. The zero-order chi connectivity index (χ0) is 45.5. The lowest BCUT2D eigenvalue weighted by Crippen LogP contribution is -2.44. The van der Waals surface area contributed by atoms with Gasteiger partial charge in [-0.05, 0) is 51.4 Å². The van der Waals surface area contributed by atoms with Gasteiger partial charge in [0.2, 0.25) is 0 Å². The van der Waals surface area contributed by atoms with Crippen LogP contribution in [-0.2, 0) is 23.8 Å². The van der Waals surface area contributed by atoms with Crippen molar-refractivity contribution in [1.82, 2.24) is 0 Å². The Hall–Kier alpha value is -2.52. The molecule has 0 radical (unpaired) electrons. The van der Waals surface area contributed by atoms with E-state index in [1.54, 1.807) is 0 Å². The summed E-state index contributed by atoms with van der Waals surface area (Å²) in [6, 6.07) is 0. The number of aliphatic hydroxyl groups is 1. The maximum atomic E-state index is 12.0. The smallest absolute Gasteiger partial charge is 0.305 e. The van der Waals surface area contributed by atoms with Crippen molar-refractivity contribution in [3.63, 3.8) is 0 Å². The molecule has 0 spiro atoms. The van der Waals surface area contributed by atoms with Gasteiger partial charge in [0, 0.05) is 6.42 Å². The highest BCUT2D eigenvalue weighted by Gasteiger charge is 2.17. The zero-order valence-corrected chi connectivity index (χ0v) is 40.7. The van der Waals surface area contributed by atoms with Crippen LogP contribution in [-0.4, -0.2) is 81.4 Å². The molecule has 0 aromatic heterocycles. The number of aliphatic hydroxyl groups excluding tert-OH is 1. The minimum atomic E-state index is -1.57. The first kappa shape index (κ1) is 59.5. The van der Waals surface area contributed by atoms with Gasteiger partial charge < -0.3 is 33.7 Å². The van der Waals surface area contributed by atoms with Crippen molar-refractivity contribution in [3.8, 4) is 0 Å². The van der Waals surface area contributed by atoms with Crippen LogP contribution >= 0.6 is 0 Å². The minimum Gasteiger partial charge on any atom is -0.545 e. The van der Waals surface area contributed by atoms with Gasteiger partial charge in [0.25, 0.3) is 0 Å². The molecule has 0 fully saturated rings. The van der Waals surface area contributed by atoms with Crippen molar-refractivity contribution in [1.29, 1.82) is 0 Å². The van der Waals surface area contributed by atoms with Gasteiger partial charge in [-0.2, -0.15) is 0 Å². The summed E-state index contributed by atoms with van der Waals surface area (Å²) in [5.74, 6) is -1.86. The summed E-state index contributed by atoms with van der Waals surface area (Å²) in [5.41, 5.74) is 0. The number of hydrogen-bond donors (Lipinski definition) is 1. The van der Waals surface area contributed by atoms with E-state index in [2.05, 4.69) is 67.7 Å². The Morgan fingerprint density at radius 1 is 0.500 bits per heavy atom. The largest absolute Gasteiger partial charge is 0.545 e. The second kappa shape index (κ2) is 46.5. The van der Waals surface area contributed by atoms with Crippen LogP contribution in [0.5, 0.6) is 0 Å². The Balaban J connectivity index is 3.36. The molecule has 1 N–H and O–H groups in total. The second-order valence-corrected chi connectivity index (χ2v) is 18.3. The number of likely N-dealkylation sites (N-methyl/N-ethyl adjacent to an activating group) is 1. The number of carbonyl (C=O) groups is 2. The number of unbranched alkanes of at least 4 members (excludes halogenated alkanes) is 25. The molecule has 8 nitrogen and oxygen atoms in total. The fourth-order valence-electron chi connectivity index (χ4n) is 7.09. The van der Waals surface area contributed by atoms with Gasteiger partial charge in [0.15, 0.2) is 6.29 Å². The summed E-state index contributed by atoms with van der Waals surface area (Å²) < 4.78 is 16.1. The predicted molar refractivity (Wildman–Crippen MR) is 260 cm³/mol. The van der Waals surface area contributed by atoms with Gasteiger partial charge in [-0.3, -0.25) is 4.79 Å². The Morgan fingerprint density at radius 2 is 0.855 bits per heavy atom. The average molecular weight is 872 g/mol. The fraction of sp³-hybridized carbons (Fsp3) is 0.778. The average Bonchev–Trinajstić information content (AvgIpc) is 3.24. The Kier molecular flexibility index (Phi) is 44.6. The van der Waals surface area contributed by atoms with Crippen LogP contribution in [0.1, 0.15) is 212 Å². The molecule has 62 heavy (non-hydrogen) atoms. The third-order valence-electron chi connectivity index (χ3n) is 11.0. The molecular formula is C54H97NO7. The van der Waals surface area contributed by atoms with E-state index in [9.17, 15) is 19.8 Å². The number of ether oxygens (including phenoxy) is 3. The predicted octanol–water partition coefficient (Wildman–Crippen LogP) is 13.0. The van der Waals surface area contributed by atoms with Crippen molar-refractivity contribution in [2.45, 2.75) is 225 Å². The number of carbonyl (C=O) groups excluding carboxylic acids is 2. The zero-order valence-electron chi connectivity index (χ0n) is 40.7. The summed E-state index contributed by atoms with van der Waals surface area (Å²) in [7, 11) is 5.88.